The van der Waals surface area contributed by atoms with Crippen molar-refractivity contribution in [3.63, 3.8) is 0 Å². The van der Waals surface area contributed by atoms with Crippen LogP contribution >= 0.6 is 0 Å². The Hall–Kier alpha value is -1.77. The van der Waals surface area contributed by atoms with Crippen molar-refractivity contribution in [3.8, 4) is 11.5 Å². The van der Waals surface area contributed by atoms with Crippen LogP contribution in [0.15, 0.2) is 24.3 Å². The topological polar surface area (TPSA) is 35.5 Å². The molecule has 1 aromatic carbocycles. The van der Waals surface area contributed by atoms with E-state index in [2.05, 4.69) is 6.92 Å². The van der Waals surface area contributed by atoms with E-state index in [4.69, 9.17) is 9.47 Å². The van der Waals surface area contributed by atoms with Crippen molar-refractivity contribution < 1.29 is 14.3 Å². The van der Waals surface area contributed by atoms with E-state index in [-0.39, 0.29) is 5.78 Å². The van der Waals surface area contributed by atoms with E-state index >= 15 is 0 Å². The van der Waals surface area contributed by atoms with E-state index in [1.54, 1.807) is 19.3 Å². The summed E-state index contributed by atoms with van der Waals surface area (Å²) in [5.41, 5.74) is 0.932. The van der Waals surface area contributed by atoms with Crippen LogP contribution in [0.3, 0.4) is 0 Å². The van der Waals surface area contributed by atoms with Crippen LogP contribution in [-0.2, 0) is 4.79 Å². The molecule has 0 aliphatic heterocycles. The van der Waals surface area contributed by atoms with Crippen molar-refractivity contribution >= 4 is 11.9 Å². The number of hydrogen-bond acceptors (Lipinski definition) is 3. The number of carbonyl (C=O) groups excluding carboxylic acids is 1. The molecule has 0 fully saturated rings. The van der Waals surface area contributed by atoms with Gasteiger partial charge in [-0.25, -0.2) is 0 Å². The molecule has 1 aromatic rings. The molecule has 24 heavy (non-hydrogen) atoms. The van der Waals surface area contributed by atoms with Crippen LogP contribution in [0.2, 0.25) is 0 Å². The zero-order valence-electron chi connectivity index (χ0n) is 15.5. The SMILES string of the molecule is CCCCCCCCCCOc1ccc(C=CC(C)=O)cc1OC. The minimum Gasteiger partial charge on any atom is -0.493 e. The number of benzene rings is 1. The molecular weight excluding hydrogens is 300 g/mol. The summed E-state index contributed by atoms with van der Waals surface area (Å²) in [7, 11) is 1.64. The van der Waals surface area contributed by atoms with Gasteiger partial charge in [-0.1, -0.05) is 64.0 Å². The molecule has 0 aliphatic rings. The zero-order valence-corrected chi connectivity index (χ0v) is 15.5. The van der Waals surface area contributed by atoms with E-state index < -0.39 is 0 Å². The van der Waals surface area contributed by atoms with Crippen molar-refractivity contribution in [2.45, 2.75) is 65.2 Å². The molecule has 0 aliphatic carbocycles. The van der Waals surface area contributed by atoms with Crippen LogP contribution in [0.4, 0.5) is 0 Å². The number of carbonyl (C=O) groups is 1. The second-order valence-electron chi connectivity index (χ2n) is 6.18. The molecular formula is C21H32O3. The summed E-state index contributed by atoms with van der Waals surface area (Å²) in [5, 5.41) is 0. The number of rotatable bonds is 13. The monoisotopic (exact) mass is 332 g/mol. The van der Waals surface area contributed by atoms with E-state index in [0.29, 0.717) is 12.4 Å². The largest absolute Gasteiger partial charge is 0.493 e. The molecule has 0 N–H and O–H groups in total. The molecule has 134 valence electrons. The van der Waals surface area contributed by atoms with Gasteiger partial charge in [0.1, 0.15) is 0 Å². The van der Waals surface area contributed by atoms with Gasteiger partial charge in [-0.3, -0.25) is 4.79 Å². The van der Waals surface area contributed by atoms with Gasteiger partial charge < -0.3 is 9.47 Å². The van der Waals surface area contributed by atoms with Crippen molar-refractivity contribution in [3.05, 3.63) is 29.8 Å². The number of ether oxygens (including phenoxy) is 2. The smallest absolute Gasteiger partial charge is 0.161 e. The average molecular weight is 332 g/mol. The van der Waals surface area contributed by atoms with Gasteiger partial charge in [0.15, 0.2) is 17.3 Å². The predicted octanol–water partition coefficient (Wildman–Crippen LogP) is 5.82. The van der Waals surface area contributed by atoms with Crippen LogP contribution < -0.4 is 9.47 Å². The van der Waals surface area contributed by atoms with Crippen molar-refractivity contribution in [1.82, 2.24) is 0 Å². The van der Waals surface area contributed by atoms with E-state index in [0.717, 1.165) is 17.7 Å². The Morgan fingerprint density at radius 2 is 1.67 bits per heavy atom. The summed E-state index contributed by atoms with van der Waals surface area (Å²) in [6.07, 6.45) is 13.6. The maximum absolute atomic E-state index is 11.0. The van der Waals surface area contributed by atoms with Gasteiger partial charge in [-0.15, -0.1) is 0 Å². The lowest BCUT2D eigenvalue weighted by atomic mass is 10.1. The van der Waals surface area contributed by atoms with Gasteiger partial charge in [0.05, 0.1) is 13.7 Å². The first-order valence-corrected chi connectivity index (χ1v) is 9.17. The van der Waals surface area contributed by atoms with Crippen molar-refractivity contribution in [1.29, 1.82) is 0 Å². The highest BCUT2D eigenvalue weighted by Gasteiger charge is 2.04. The van der Waals surface area contributed by atoms with Gasteiger partial charge in [0.25, 0.3) is 0 Å². The Morgan fingerprint density at radius 3 is 2.29 bits per heavy atom. The maximum atomic E-state index is 11.0. The summed E-state index contributed by atoms with van der Waals surface area (Å²) in [5.74, 6) is 1.50. The molecule has 0 radical (unpaired) electrons. The molecule has 1 rings (SSSR count). The van der Waals surface area contributed by atoms with Crippen LogP contribution in [0.25, 0.3) is 6.08 Å². The van der Waals surface area contributed by atoms with Crippen molar-refractivity contribution in [2.75, 3.05) is 13.7 Å². The first-order chi connectivity index (χ1) is 11.7. The lowest BCUT2D eigenvalue weighted by Gasteiger charge is -2.11. The third kappa shape index (κ3) is 8.76. The normalized spacial score (nSPS) is 11.0. The summed E-state index contributed by atoms with van der Waals surface area (Å²) in [6.45, 7) is 4.50. The van der Waals surface area contributed by atoms with Crippen LogP contribution in [0.1, 0.15) is 70.8 Å². The third-order valence-electron chi connectivity index (χ3n) is 3.95. The Kier molecular flexibility index (Phi) is 10.7. The molecule has 0 saturated heterocycles. The number of hydrogen-bond donors (Lipinski definition) is 0. The molecule has 0 saturated carbocycles. The van der Waals surface area contributed by atoms with Gasteiger partial charge >= 0.3 is 0 Å². The van der Waals surface area contributed by atoms with Gasteiger partial charge in [0, 0.05) is 0 Å². The summed E-state index contributed by atoms with van der Waals surface area (Å²) in [4.78, 5) is 11.0. The van der Waals surface area contributed by atoms with Crippen LogP contribution in [0.5, 0.6) is 11.5 Å². The lowest BCUT2D eigenvalue weighted by Crippen LogP contribution is -1.99. The summed E-state index contributed by atoms with van der Waals surface area (Å²) < 4.78 is 11.2. The molecule has 0 spiro atoms. The summed E-state index contributed by atoms with van der Waals surface area (Å²) >= 11 is 0. The first kappa shape index (κ1) is 20.3. The average Bonchev–Trinajstić information content (AvgIpc) is 2.59. The molecule has 0 amide bonds. The molecule has 0 heterocycles. The number of unbranched alkanes of at least 4 members (excludes halogenated alkanes) is 7. The quantitative estimate of drug-likeness (QED) is 0.337. The molecule has 0 unspecified atom stereocenters. The minimum atomic E-state index is 0.0315. The minimum absolute atomic E-state index is 0.0315. The lowest BCUT2D eigenvalue weighted by molar-refractivity contribution is -0.112. The molecule has 0 atom stereocenters. The second kappa shape index (κ2) is 12.6. The second-order valence-corrected chi connectivity index (χ2v) is 6.18. The van der Waals surface area contributed by atoms with Gasteiger partial charge in [0.2, 0.25) is 0 Å². The molecule has 0 aromatic heterocycles. The first-order valence-electron chi connectivity index (χ1n) is 9.17. The van der Waals surface area contributed by atoms with E-state index in [1.165, 1.54) is 51.9 Å². The van der Waals surface area contributed by atoms with Crippen LogP contribution in [-0.4, -0.2) is 19.5 Å². The Morgan fingerprint density at radius 1 is 1.00 bits per heavy atom. The molecule has 0 bridgehead atoms. The Bertz CT molecular complexity index is 506. The zero-order chi connectivity index (χ0) is 17.6. The fraction of sp³-hybridized carbons (Fsp3) is 0.571. The Balaban J connectivity index is 2.30. The van der Waals surface area contributed by atoms with Gasteiger partial charge in [-0.2, -0.15) is 0 Å². The fourth-order valence-corrected chi connectivity index (χ4v) is 2.54. The fourth-order valence-electron chi connectivity index (χ4n) is 2.54. The third-order valence-corrected chi connectivity index (χ3v) is 3.95. The number of allylic oxidation sites excluding steroid dienone is 1. The summed E-state index contributed by atoms with van der Waals surface area (Å²) in [6, 6.07) is 5.73. The Labute approximate surface area is 147 Å². The maximum Gasteiger partial charge on any atom is 0.161 e. The highest BCUT2D eigenvalue weighted by atomic mass is 16.5. The van der Waals surface area contributed by atoms with Crippen LogP contribution in [0, 0.1) is 0 Å². The molecule has 3 heteroatoms. The van der Waals surface area contributed by atoms with Crippen molar-refractivity contribution in [2.24, 2.45) is 0 Å². The predicted molar refractivity (Wildman–Crippen MR) is 101 cm³/mol. The highest BCUT2D eigenvalue weighted by molar-refractivity contribution is 5.91. The van der Waals surface area contributed by atoms with E-state index in [1.807, 2.05) is 18.2 Å². The van der Waals surface area contributed by atoms with Gasteiger partial charge in [-0.05, 0) is 37.1 Å². The standard InChI is InChI=1S/C21H32O3/c1-4-5-6-7-8-9-10-11-16-24-20-15-14-19(13-12-18(2)22)17-21(20)23-3/h12-15,17H,4-11,16H2,1-3H3. The number of methoxy groups -OCH3 is 1. The highest BCUT2D eigenvalue weighted by Crippen LogP contribution is 2.28. The van der Waals surface area contributed by atoms with E-state index in [9.17, 15) is 4.79 Å². The molecule has 3 nitrogen and oxygen atoms in total. The number of ketones is 1.